The second-order valence-electron chi connectivity index (χ2n) is 7.64. The molecular weight excluding hydrogens is 518 g/mol. The van der Waals surface area contributed by atoms with Gasteiger partial charge in [-0.3, -0.25) is 14.5 Å². The zero-order chi connectivity index (χ0) is 26.4. The zero-order valence-electron chi connectivity index (χ0n) is 19.9. The number of thioether (sulfide) groups is 1. The number of esters is 1. The van der Waals surface area contributed by atoms with Crippen LogP contribution in [0.3, 0.4) is 0 Å². The third-order valence-corrected chi connectivity index (χ3v) is 6.44. The summed E-state index contributed by atoms with van der Waals surface area (Å²) in [6.07, 6.45) is 1.58. The molecule has 0 unspecified atom stereocenters. The van der Waals surface area contributed by atoms with Crippen molar-refractivity contribution in [2.24, 2.45) is 0 Å². The highest BCUT2D eigenvalue weighted by Crippen LogP contribution is 2.35. The van der Waals surface area contributed by atoms with Crippen molar-refractivity contribution >= 4 is 46.6 Å². The molecule has 0 spiro atoms. The molecular formula is C27H22ClNO7S. The van der Waals surface area contributed by atoms with Crippen LogP contribution in [0, 0.1) is 0 Å². The van der Waals surface area contributed by atoms with Crippen LogP contribution in [0.5, 0.6) is 23.0 Å². The van der Waals surface area contributed by atoms with E-state index in [9.17, 15) is 14.4 Å². The second kappa shape index (κ2) is 11.9. The van der Waals surface area contributed by atoms with Gasteiger partial charge in [-0.05, 0) is 71.9 Å². The van der Waals surface area contributed by atoms with Crippen molar-refractivity contribution < 1.29 is 33.3 Å². The first kappa shape index (κ1) is 26.1. The Kier molecular flexibility index (Phi) is 8.37. The van der Waals surface area contributed by atoms with Crippen LogP contribution < -0.4 is 18.9 Å². The highest BCUT2D eigenvalue weighted by Gasteiger charge is 2.35. The van der Waals surface area contributed by atoms with Gasteiger partial charge in [-0.2, -0.15) is 0 Å². The van der Waals surface area contributed by atoms with Crippen molar-refractivity contribution in [1.82, 2.24) is 4.90 Å². The number of benzene rings is 3. The molecule has 3 aromatic rings. The second-order valence-corrected chi connectivity index (χ2v) is 9.07. The number of carbonyl (C=O) groups excluding carboxylic acids is 3. The lowest BCUT2D eigenvalue weighted by Gasteiger charge is -2.14. The lowest BCUT2D eigenvalue weighted by molar-refractivity contribution is -0.123. The standard InChI is InChI=1S/C27H22ClNO7S/c1-33-20-5-3-4-6-21(20)35-14-13-29-25(30)24(37-27(29)32)16-17-7-12-22(23(15-17)34-2)36-26(31)18-8-10-19(28)11-9-18/h3-12,15-16H,13-14H2,1-2H3/b24-16-. The molecule has 1 saturated heterocycles. The third-order valence-electron chi connectivity index (χ3n) is 5.28. The molecule has 3 aromatic carbocycles. The van der Waals surface area contributed by atoms with Gasteiger partial charge in [0.2, 0.25) is 0 Å². The monoisotopic (exact) mass is 539 g/mol. The molecule has 8 nitrogen and oxygen atoms in total. The van der Waals surface area contributed by atoms with E-state index in [0.29, 0.717) is 33.4 Å². The minimum atomic E-state index is -0.570. The van der Waals surface area contributed by atoms with Gasteiger partial charge in [0.25, 0.3) is 11.1 Å². The topological polar surface area (TPSA) is 91.4 Å². The molecule has 1 fully saturated rings. The fourth-order valence-electron chi connectivity index (χ4n) is 3.43. The van der Waals surface area contributed by atoms with Crippen LogP contribution in [0.2, 0.25) is 5.02 Å². The van der Waals surface area contributed by atoms with E-state index in [2.05, 4.69) is 0 Å². The summed E-state index contributed by atoms with van der Waals surface area (Å²) < 4.78 is 21.7. The molecule has 1 heterocycles. The highest BCUT2D eigenvalue weighted by atomic mass is 35.5. The van der Waals surface area contributed by atoms with Crippen molar-refractivity contribution in [3.8, 4) is 23.0 Å². The summed E-state index contributed by atoms with van der Waals surface area (Å²) in [5.41, 5.74) is 0.929. The van der Waals surface area contributed by atoms with Crippen LogP contribution in [-0.4, -0.2) is 49.4 Å². The number of methoxy groups -OCH3 is 2. The summed E-state index contributed by atoms with van der Waals surface area (Å²) in [4.78, 5) is 39.2. The Balaban J connectivity index is 1.42. The third kappa shape index (κ3) is 6.25. The molecule has 0 aromatic heterocycles. The number of rotatable bonds is 9. The quantitative estimate of drug-likeness (QED) is 0.194. The Morgan fingerprint density at radius 1 is 0.919 bits per heavy atom. The molecule has 2 amide bonds. The molecule has 0 aliphatic carbocycles. The zero-order valence-corrected chi connectivity index (χ0v) is 21.5. The van der Waals surface area contributed by atoms with E-state index in [-0.39, 0.29) is 29.0 Å². The number of ether oxygens (including phenoxy) is 4. The smallest absolute Gasteiger partial charge is 0.343 e. The molecule has 37 heavy (non-hydrogen) atoms. The van der Waals surface area contributed by atoms with Crippen LogP contribution in [0.15, 0.2) is 71.6 Å². The molecule has 1 aliphatic rings. The Bertz CT molecular complexity index is 1360. The molecule has 0 radical (unpaired) electrons. The van der Waals surface area contributed by atoms with Crippen LogP contribution in [-0.2, 0) is 4.79 Å². The van der Waals surface area contributed by atoms with Crippen molar-refractivity contribution in [1.29, 1.82) is 0 Å². The average Bonchev–Trinajstić information content (AvgIpc) is 3.17. The van der Waals surface area contributed by atoms with Gasteiger partial charge in [-0.25, -0.2) is 4.79 Å². The number of imide groups is 1. The van der Waals surface area contributed by atoms with Gasteiger partial charge in [-0.1, -0.05) is 29.8 Å². The molecule has 10 heteroatoms. The molecule has 0 bridgehead atoms. The largest absolute Gasteiger partial charge is 0.493 e. The van der Waals surface area contributed by atoms with Gasteiger partial charge in [0, 0.05) is 5.02 Å². The fourth-order valence-corrected chi connectivity index (χ4v) is 4.42. The number of para-hydroxylation sites is 2. The lowest BCUT2D eigenvalue weighted by Crippen LogP contribution is -2.32. The summed E-state index contributed by atoms with van der Waals surface area (Å²) >= 11 is 6.70. The summed E-state index contributed by atoms with van der Waals surface area (Å²) in [5, 5.41) is 0.118. The minimum absolute atomic E-state index is 0.0863. The van der Waals surface area contributed by atoms with Gasteiger partial charge in [0.05, 0.1) is 31.2 Å². The Labute approximate surface area is 222 Å². The maximum Gasteiger partial charge on any atom is 0.343 e. The van der Waals surface area contributed by atoms with E-state index < -0.39 is 11.9 Å². The minimum Gasteiger partial charge on any atom is -0.493 e. The first-order valence-electron chi connectivity index (χ1n) is 11.1. The number of amides is 2. The van der Waals surface area contributed by atoms with E-state index in [0.717, 1.165) is 16.7 Å². The van der Waals surface area contributed by atoms with Crippen molar-refractivity contribution in [3.05, 3.63) is 87.8 Å². The predicted octanol–water partition coefficient (Wildman–Crippen LogP) is 5.69. The first-order chi connectivity index (χ1) is 17.9. The van der Waals surface area contributed by atoms with Crippen LogP contribution in [0.4, 0.5) is 4.79 Å². The first-order valence-corrected chi connectivity index (χ1v) is 12.3. The van der Waals surface area contributed by atoms with Crippen molar-refractivity contribution in [2.75, 3.05) is 27.4 Å². The molecule has 1 aliphatic heterocycles. The molecule has 0 N–H and O–H groups in total. The lowest BCUT2D eigenvalue weighted by atomic mass is 10.1. The van der Waals surface area contributed by atoms with Crippen molar-refractivity contribution in [3.63, 3.8) is 0 Å². The Morgan fingerprint density at radius 3 is 2.32 bits per heavy atom. The van der Waals surface area contributed by atoms with E-state index >= 15 is 0 Å². The van der Waals surface area contributed by atoms with Crippen LogP contribution in [0.1, 0.15) is 15.9 Å². The van der Waals surface area contributed by atoms with Crippen LogP contribution in [0.25, 0.3) is 6.08 Å². The van der Waals surface area contributed by atoms with E-state index in [4.69, 9.17) is 30.5 Å². The summed E-state index contributed by atoms with van der Waals surface area (Å²) in [7, 11) is 2.98. The number of carbonyl (C=O) groups is 3. The molecule has 0 atom stereocenters. The molecule has 0 saturated carbocycles. The van der Waals surface area contributed by atoms with Gasteiger partial charge in [0.15, 0.2) is 23.0 Å². The average molecular weight is 540 g/mol. The normalized spacial score (nSPS) is 14.1. The van der Waals surface area contributed by atoms with Gasteiger partial charge >= 0.3 is 5.97 Å². The van der Waals surface area contributed by atoms with E-state index in [1.807, 2.05) is 6.07 Å². The predicted molar refractivity (Wildman–Crippen MR) is 141 cm³/mol. The number of hydrogen-bond donors (Lipinski definition) is 0. The molecule has 190 valence electrons. The fraction of sp³-hybridized carbons (Fsp3) is 0.148. The van der Waals surface area contributed by atoms with Gasteiger partial charge in [0.1, 0.15) is 6.61 Å². The van der Waals surface area contributed by atoms with Crippen LogP contribution >= 0.6 is 23.4 Å². The van der Waals surface area contributed by atoms with Gasteiger partial charge in [-0.15, -0.1) is 0 Å². The maximum atomic E-state index is 12.9. The number of hydrogen-bond acceptors (Lipinski definition) is 8. The Morgan fingerprint density at radius 2 is 1.62 bits per heavy atom. The van der Waals surface area contributed by atoms with E-state index in [1.54, 1.807) is 66.7 Å². The van der Waals surface area contributed by atoms with E-state index in [1.165, 1.54) is 14.2 Å². The Hall–Kier alpha value is -3.95. The molecule has 4 rings (SSSR count). The van der Waals surface area contributed by atoms with Gasteiger partial charge < -0.3 is 18.9 Å². The maximum absolute atomic E-state index is 12.9. The summed E-state index contributed by atoms with van der Waals surface area (Å²) in [6, 6.07) is 18.3. The number of halogens is 1. The summed E-state index contributed by atoms with van der Waals surface area (Å²) in [5.74, 6) is 0.598. The SMILES string of the molecule is COc1ccccc1OCCN1C(=O)S/C(=C\c2ccc(OC(=O)c3ccc(Cl)cc3)c(OC)c2)C1=O. The number of nitrogens with zero attached hydrogens (tertiary/aromatic N) is 1. The summed E-state index contributed by atoms with van der Waals surface area (Å²) in [6.45, 7) is 0.205. The highest BCUT2D eigenvalue weighted by molar-refractivity contribution is 8.18. The van der Waals surface area contributed by atoms with Crippen molar-refractivity contribution in [2.45, 2.75) is 0 Å².